The minimum atomic E-state index is -0.172. The maximum Gasteiger partial charge on any atom is 0.257 e. The van der Waals surface area contributed by atoms with E-state index >= 15 is 0 Å². The van der Waals surface area contributed by atoms with Gasteiger partial charge in [-0.2, -0.15) is 4.98 Å². The third-order valence-electron chi connectivity index (χ3n) is 3.95. The molecule has 2 heterocycles. The van der Waals surface area contributed by atoms with Crippen molar-refractivity contribution < 1.29 is 14.0 Å². The second-order valence-corrected chi connectivity index (χ2v) is 5.98. The topological polar surface area (TPSA) is 60.6 Å². The lowest BCUT2D eigenvalue weighted by Gasteiger charge is -2.34. The number of hydrogen-bond acceptors (Lipinski definition) is 6. The van der Waals surface area contributed by atoms with Gasteiger partial charge >= 0.3 is 0 Å². The lowest BCUT2D eigenvalue weighted by atomic mass is 10.1. The van der Waals surface area contributed by atoms with Gasteiger partial charge in [0.25, 0.3) is 5.89 Å². The summed E-state index contributed by atoms with van der Waals surface area (Å²) in [5.41, 5.74) is 1.07. The van der Waals surface area contributed by atoms with Crippen molar-refractivity contribution in [1.82, 2.24) is 15.0 Å². The quantitative estimate of drug-likeness (QED) is 0.840. The fourth-order valence-electron chi connectivity index (χ4n) is 2.90. The first kappa shape index (κ1) is 16.7. The molecule has 0 spiro atoms. The average molecular weight is 329 g/mol. The molecule has 1 aromatic carbocycles. The molecule has 0 bridgehead atoms. The SMILES string of the molecule is COc1ccccc1/C=C/CN1C[C@@H](C)O[C@@H](c2nc(C)no2)C1. The second-order valence-electron chi connectivity index (χ2n) is 5.98. The van der Waals surface area contributed by atoms with E-state index in [2.05, 4.69) is 34.1 Å². The van der Waals surface area contributed by atoms with E-state index in [-0.39, 0.29) is 12.2 Å². The van der Waals surface area contributed by atoms with E-state index in [4.69, 9.17) is 14.0 Å². The molecule has 1 aromatic heterocycles. The highest BCUT2D eigenvalue weighted by atomic mass is 16.5. The fourth-order valence-corrected chi connectivity index (χ4v) is 2.90. The van der Waals surface area contributed by atoms with Gasteiger partial charge < -0.3 is 14.0 Å². The largest absolute Gasteiger partial charge is 0.496 e. The van der Waals surface area contributed by atoms with E-state index in [9.17, 15) is 0 Å². The standard InChI is InChI=1S/C18H23N3O3/c1-13-11-21(12-17(23-13)18-19-14(2)20-24-18)10-6-8-15-7-4-5-9-16(15)22-3/h4-9,13,17H,10-12H2,1-3H3/b8-6+/t13-,17-/m1/s1. The summed E-state index contributed by atoms with van der Waals surface area (Å²) in [6, 6.07) is 7.98. The summed E-state index contributed by atoms with van der Waals surface area (Å²) in [6.07, 6.45) is 4.18. The zero-order valence-corrected chi connectivity index (χ0v) is 14.3. The highest BCUT2D eigenvalue weighted by Gasteiger charge is 2.29. The second kappa shape index (κ2) is 7.59. The first-order chi connectivity index (χ1) is 11.7. The molecule has 2 aromatic rings. The Balaban J connectivity index is 1.63. The first-order valence-electron chi connectivity index (χ1n) is 8.13. The number of hydrogen-bond donors (Lipinski definition) is 0. The highest BCUT2D eigenvalue weighted by molar-refractivity contribution is 5.57. The number of para-hydroxylation sites is 1. The molecule has 0 aliphatic carbocycles. The molecule has 24 heavy (non-hydrogen) atoms. The molecule has 6 nitrogen and oxygen atoms in total. The van der Waals surface area contributed by atoms with E-state index in [1.807, 2.05) is 31.2 Å². The van der Waals surface area contributed by atoms with Gasteiger partial charge in [-0.25, -0.2) is 0 Å². The third-order valence-corrected chi connectivity index (χ3v) is 3.95. The molecule has 0 radical (unpaired) electrons. The Labute approximate surface area is 142 Å². The molecular weight excluding hydrogens is 306 g/mol. The predicted molar refractivity (Wildman–Crippen MR) is 90.8 cm³/mol. The van der Waals surface area contributed by atoms with Crippen LogP contribution in [0.2, 0.25) is 0 Å². The van der Waals surface area contributed by atoms with E-state index < -0.39 is 0 Å². The van der Waals surface area contributed by atoms with Gasteiger partial charge in [-0.1, -0.05) is 35.5 Å². The van der Waals surface area contributed by atoms with Crippen molar-refractivity contribution in [3.63, 3.8) is 0 Å². The molecule has 1 aliphatic heterocycles. The number of aromatic nitrogens is 2. The van der Waals surface area contributed by atoms with Gasteiger partial charge in [0.15, 0.2) is 5.82 Å². The average Bonchev–Trinajstić information content (AvgIpc) is 3.01. The normalized spacial score (nSPS) is 22.1. The molecule has 0 unspecified atom stereocenters. The molecule has 0 saturated carbocycles. The van der Waals surface area contributed by atoms with Crippen LogP contribution in [0.25, 0.3) is 6.08 Å². The summed E-state index contributed by atoms with van der Waals surface area (Å²) >= 11 is 0. The Kier molecular flexibility index (Phi) is 5.27. The van der Waals surface area contributed by atoms with Crippen molar-refractivity contribution in [2.45, 2.75) is 26.1 Å². The highest BCUT2D eigenvalue weighted by Crippen LogP contribution is 2.24. The van der Waals surface area contributed by atoms with Crippen LogP contribution in [0.4, 0.5) is 0 Å². The minimum absolute atomic E-state index is 0.121. The van der Waals surface area contributed by atoms with Gasteiger partial charge in [-0.3, -0.25) is 4.90 Å². The molecule has 1 aliphatic rings. The van der Waals surface area contributed by atoms with Crippen LogP contribution in [0.1, 0.15) is 30.3 Å². The molecule has 128 valence electrons. The molecule has 1 fully saturated rings. The van der Waals surface area contributed by atoms with Crippen molar-refractivity contribution in [1.29, 1.82) is 0 Å². The van der Waals surface area contributed by atoms with Crippen LogP contribution in [-0.4, -0.2) is 47.9 Å². The number of benzene rings is 1. The maximum atomic E-state index is 5.94. The summed E-state index contributed by atoms with van der Waals surface area (Å²) in [6.45, 7) is 6.32. The molecule has 2 atom stereocenters. The zero-order chi connectivity index (χ0) is 16.9. The molecule has 6 heteroatoms. The maximum absolute atomic E-state index is 5.94. The van der Waals surface area contributed by atoms with Crippen LogP contribution in [0.5, 0.6) is 5.75 Å². The van der Waals surface area contributed by atoms with Gasteiger partial charge in [0.05, 0.1) is 13.2 Å². The minimum Gasteiger partial charge on any atom is -0.496 e. The molecule has 0 amide bonds. The van der Waals surface area contributed by atoms with Crippen molar-refractivity contribution in [2.24, 2.45) is 0 Å². The van der Waals surface area contributed by atoms with E-state index in [0.717, 1.165) is 30.9 Å². The molecule has 3 rings (SSSR count). The number of methoxy groups -OCH3 is 1. The number of nitrogens with zero attached hydrogens (tertiary/aromatic N) is 3. The predicted octanol–water partition coefficient (Wildman–Crippen LogP) is 2.86. The number of ether oxygens (including phenoxy) is 2. The lowest BCUT2D eigenvalue weighted by Crippen LogP contribution is -2.42. The Morgan fingerprint density at radius 3 is 2.92 bits per heavy atom. The van der Waals surface area contributed by atoms with Crippen LogP contribution in [0.15, 0.2) is 34.9 Å². The van der Waals surface area contributed by atoms with E-state index in [1.165, 1.54) is 0 Å². The molecule has 1 saturated heterocycles. The fraction of sp³-hybridized carbons (Fsp3) is 0.444. The van der Waals surface area contributed by atoms with E-state index in [0.29, 0.717) is 11.7 Å². The van der Waals surface area contributed by atoms with Crippen molar-refractivity contribution in [2.75, 3.05) is 26.7 Å². The van der Waals surface area contributed by atoms with Gasteiger partial charge in [0.1, 0.15) is 11.9 Å². The van der Waals surface area contributed by atoms with Gasteiger partial charge in [0, 0.05) is 25.2 Å². The van der Waals surface area contributed by atoms with E-state index in [1.54, 1.807) is 7.11 Å². The van der Waals surface area contributed by atoms with Crippen LogP contribution < -0.4 is 4.74 Å². The van der Waals surface area contributed by atoms with Gasteiger partial charge in [0.2, 0.25) is 0 Å². The van der Waals surface area contributed by atoms with Crippen LogP contribution >= 0.6 is 0 Å². The monoisotopic (exact) mass is 329 g/mol. The Hall–Kier alpha value is -2.18. The summed E-state index contributed by atoms with van der Waals surface area (Å²) in [5, 5.41) is 3.85. The number of aryl methyl sites for hydroxylation is 1. The summed E-state index contributed by atoms with van der Waals surface area (Å²) in [4.78, 5) is 6.61. The number of morpholine rings is 1. The van der Waals surface area contributed by atoms with Crippen molar-refractivity contribution >= 4 is 6.08 Å². The number of rotatable bonds is 5. The van der Waals surface area contributed by atoms with Crippen LogP contribution in [0.3, 0.4) is 0 Å². The van der Waals surface area contributed by atoms with Crippen LogP contribution in [0, 0.1) is 6.92 Å². The Bertz CT molecular complexity index is 698. The third kappa shape index (κ3) is 4.01. The van der Waals surface area contributed by atoms with Crippen molar-refractivity contribution in [3.8, 4) is 5.75 Å². The molecule has 0 N–H and O–H groups in total. The Morgan fingerprint density at radius 1 is 1.33 bits per heavy atom. The van der Waals surface area contributed by atoms with Crippen LogP contribution in [-0.2, 0) is 4.74 Å². The summed E-state index contributed by atoms with van der Waals surface area (Å²) in [5.74, 6) is 2.07. The smallest absolute Gasteiger partial charge is 0.257 e. The lowest BCUT2D eigenvalue weighted by molar-refractivity contribution is -0.0877. The first-order valence-corrected chi connectivity index (χ1v) is 8.13. The van der Waals surface area contributed by atoms with Gasteiger partial charge in [-0.15, -0.1) is 0 Å². The summed E-state index contributed by atoms with van der Waals surface area (Å²) in [7, 11) is 1.69. The zero-order valence-electron chi connectivity index (χ0n) is 14.3. The Morgan fingerprint density at radius 2 is 2.17 bits per heavy atom. The molecular formula is C18H23N3O3. The van der Waals surface area contributed by atoms with Gasteiger partial charge in [-0.05, 0) is 19.9 Å². The summed E-state index contributed by atoms with van der Waals surface area (Å²) < 4.78 is 16.6. The van der Waals surface area contributed by atoms with Crippen molar-refractivity contribution in [3.05, 3.63) is 47.6 Å².